The summed E-state index contributed by atoms with van der Waals surface area (Å²) in [5.41, 5.74) is 0. The van der Waals surface area contributed by atoms with E-state index in [1.54, 1.807) is 41.7 Å². The first-order chi connectivity index (χ1) is 12.0. The summed E-state index contributed by atoms with van der Waals surface area (Å²) in [6.45, 7) is 1.47. The number of rotatable bonds is 6. The highest BCUT2D eigenvalue weighted by Crippen LogP contribution is 2.24. The number of piperidine rings is 1. The number of sulfone groups is 1. The molecule has 3 rings (SSSR count). The standard InChI is InChI=1S/C19H23NO3S2/c21-19(10-14-25(22,23)18-6-2-1-3-7-18)20-11-8-16(9-12-20)15-17-5-4-13-24-17/h1-7,13,16H,8-12,14-15H2. The van der Waals surface area contributed by atoms with Crippen molar-refractivity contribution in [2.75, 3.05) is 18.8 Å². The van der Waals surface area contributed by atoms with E-state index in [2.05, 4.69) is 17.5 Å². The molecular formula is C19H23NO3S2. The number of hydrogen-bond acceptors (Lipinski definition) is 4. The van der Waals surface area contributed by atoms with Crippen molar-refractivity contribution in [2.45, 2.75) is 30.6 Å². The van der Waals surface area contributed by atoms with Gasteiger partial charge in [0.15, 0.2) is 9.84 Å². The second-order valence-corrected chi connectivity index (χ2v) is 9.63. The Bertz CT molecular complexity index is 777. The van der Waals surface area contributed by atoms with Gasteiger partial charge in [-0.15, -0.1) is 11.3 Å². The highest BCUT2D eigenvalue weighted by atomic mass is 32.2. The smallest absolute Gasteiger partial charge is 0.223 e. The maximum Gasteiger partial charge on any atom is 0.223 e. The third-order valence-electron chi connectivity index (χ3n) is 4.72. The molecule has 0 N–H and O–H groups in total. The topological polar surface area (TPSA) is 54.5 Å². The maximum atomic E-state index is 12.4. The molecule has 0 saturated carbocycles. The average Bonchev–Trinajstić information content (AvgIpc) is 3.14. The maximum absolute atomic E-state index is 12.4. The van der Waals surface area contributed by atoms with Crippen LogP contribution in [0, 0.1) is 5.92 Å². The molecule has 4 nitrogen and oxygen atoms in total. The first-order valence-corrected chi connectivity index (χ1v) is 11.2. The lowest BCUT2D eigenvalue weighted by molar-refractivity contribution is -0.132. The zero-order valence-electron chi connectivity index (χ0n) is 14.1. The minimum Gasteiger partial charge on any atom is -0.343 e. The van der Waals surface area contributed by atoms with Gasteiger partial charge >= 0.3 is 0 Å². The van der Waals surface area contributed by atoms with Gasteiger partial charge in [-0.05, 0) is 48.8 Å². The van der Waals surface area contributed by atoms with Crippen LogP contribution in [0.3, 0.4) is 0 Å². The molecule has 25 heavy (non-hydrogen) atoms. The summed E-state index contributed by atoms with van der Waals surface area (Å²) in [6, 6.07) is 12.6. The third kappa shape index (κ3) is 4.92. The number of amides is 1. The number of carbonyl (C=O) groups excluding carboxylic acids is 1. The molecule has 0 spiro atoms. The molecule has 134 valence electrons. The number of carbonyl (C=O) groups is 1. The molecule has 2 heterocycles. The van der Waals surface area contributed by atoms with Gasteiger partial charge in [0.1, 0.15) is 0 Å². The molecule has 1 saturated heterocycles. The predicted octanol–water partition coefficient (Wildman–Crippen LogP) is 3.39. The zero-order valence-corrected chi connectivity index (χ0v) is 15.8. The normalized spacial score (nSPS) is 16.1. The van der Waals surface area contributed by atoms with E-state index in [9.17, 15) is 13.2 Å². The van der Waals surface area contributed by atoms with Crippen LogP contribution in [0.15, 0.2) is 52.7 Å². The Balaban J connectivity index is 1.46. The molecule has 0 unspecified atom stereocenters. The van der Waals surface area contributed by atoms with Crippen LogP contribution in [0.1, 0.15) is 24.1 Å². The van der Waals surface area contributed by atoms with Gasteiger partial charge < -0.3 is 4.90 Å². The van der Waals surface area contributed by atoms with Crippen LogP contribution in [0.4, 0.5) is 0 Å². The van der Waals surface area contributed by atoms with E-state index >= 15 is 0 Å². The molecule has 0 radical (unpaired) electrons. The van der Waals surface area contributed by atoms with E-state index in [1.807, 2.05) is 4.90 Å². The van der Waals surface area contributed by atoms with Gasteiger partial charge in [-0.2, -0.15) is 0 Å². The second-order valence-electron chi connectivity index (χ2n) is 6.49. The summed E-state index contributed by atoms with van der Waals surface area (Å²) in [6.07, 6.45) is 3.14. The van der Waals surface area contributed by atoms with E-state index in [-0.39, 0.29) is 23.0 Å². The van der Waals surface area contributed by atoms with Crippen molar-refractivity contribution in [3.05, 3.63) is 52.7 Å². The lowest BCUT2D eigenvalue weighted by Crippen LogP contribution is -2.39. The van der Waals surface area contributed by atoms with Crippen LogP contribution < -0.4 is 0 Å². The van der Waals surface area contributed by atoms with Crippen molar-refractivity contribution in [3.8, 4) is 0 Å². The van der Waals surface area contributed by atoms with Crippen molar-refractivity contribution in [1.82, 2.24) is 4.90 Å². The Kier molecular flexibility index (Phi) is 5.91. The van der Waals surface area contributed by atoms with Gasteiger partial charge in [-0.3, -0.25) is 4.79 Å². The summed E-state index contributed by atoms with van der Waals surface area (Å²) in [5, 5.41) is 2.10. The highest BCUT2D eigenvalue weighted by Gasteiger charge is 2.24. The Labute approximate surface area is 153 Å². The first-order valence-electron chi connectivity index (χ1n) is 8.62. The molecule has 1 aromatic heterocycles. The van der Waals surface area contributed by atoms with Crippen LogP contribution in [-0.2, 0) is 21.1 Å². The Morgan fingerprint density at radius 3 is 2.44 bits per heavy atom. The summed E-state index contributed by atoms with van der Waals surface area (Å²) < 4.78 is 24.6. The fraction of sp³-hybridized carbons (Fsp3) is 0.421. The Morgan fingerprint density at radius 1 is 1.08 bits per heavy atom. The van der Waals surface area contributed by atoms with Crippen molar-refractivity contribution >= 4 is 27.1 Å². The van der Waals surface area contributed by atoms with Crippen molar-refractivity contribution in [1.29, 1.82) is 0 Å². The zero-order chi connectivity index (χ0) is 17.7. The SMILES string of the molecule is O=C(CCS(=O)(=O)c1ccccc1)N1CCC(Cc2cccs2)CC1. The van der Waals surface area contributed by atoms with Gasteiger partial charge in [0.2, 0.25) is 5.91 Å². The fourth-order valence-electron chi connectivity index (χ4n) is 3.23. The quantitative estimate of drug-likeness (QED) is 0.775. The summed E-state index contributed by atoms with van der Waals surface area (Å²) in [7, 11) is -3.39. The number of thiophene rings is 1. The lowest BCUT2D eigenvalue weighted by atomic mass is 9.93. The largest absolute Gasteiger partial charge is 0.343 e. The van der Waals surface area contributed by atoms with Gasteiger partial charge in [-0.1, -0.05) is 24.3 Å². The number of hydrogen-bond donors (Lipinski definition) is 0. The van der Waals surface area contributed by atoms with Crippen LogP contribution in [-0.4, -0.2) is 38.1 Å². The average molecular weight is 378 g/mol. The van der Waals surface area contributed by atoms with Crippen molar-refractivity contribution in [3.63, 3.8) is 0 Å². The highest BCUT2D eigenvalue weighted by molar-refractivity contribution is 7.91. The van der Waals surface area contributed by atoms with Crippen molar-refractivity contribution in [2.24, 2.45) is 5.92 Å². The van der Waals surface area contributed by atoms with E-state index in [4.69, 9.17) is 0 Å². The van der Waals surface area contributed by atoms with E-state index in [0.717, 1.165) is 32.4 Å². The minimum atomic E-state index is -3.39. The number of likely N-dealkylation sites (tertiary alicyclic amines) is 1. The number of benzene rings is 1. The van der Waals surface area contributed by atoms with E-state index in [1.165, 1.54) is 4.88 Å². The molecule has 0 bridgehead atoms. The van der Waals surface area contributed by atoms with Gasteiger partial charge in [-0.25, -0.2) is 8.42 Å². The molecule has 6 heteroatoms. The third-order valence-corrected chi connectivity index (χ3v) is 7.35. The molecular weight excluding hydrogens is 354 g/mol. The minimum absolute atomic E-state index is 0.0471. The van der Waals surface area contributed by atoms with Gasteiger partial charge in [0.25, 0.3) is 0 Å². The molecule has 1 aromatic carbocycles. The number of nitrogens with zero attached hydrogens (tertiary/aromatic N) is 1. The van der Waals surface area contributed by atoms with E-state index < -0.39 is 9.84 Å². The predicted molar refractivity (Wildman–Crippen MR) is 100 cm³/mol. The van der Waals surface area contributed by atoms with E-state index in [0.29, 0.717) is 5.92 Å². The fourth-order valence-corrected chi connectivity index (χ4v) is 5.30. The van der Waals surface area contributed by atoms with Gasteiger partial charge in [0, 0.05) is 24.4 Å². The molecule has 1 amide bonds. The van der Waals surface area contributed by atoms with Crippen LogP contribution in [0.5, 0.6) is 0 Å². The van der Waals surface area contributed by atoms with Crippen molar-refractivity contribution < 1.29 is 13.2 Å². The molecule has 1 aliphatic rings. The summed E-state index contributed by atoms with van der Waals surface area (Å²) in [4.78, 5) is 15.9. The van der Waals surface area contributed by atoms with Gasteiger partial charge in [0.05, 0.1) is 10.6 Å². The summed E-state index contributed by atoms with van der Waals surface area (Å²) in [5.74, 6) is 0.454. The molecule has 1 fully saturated rings. The molecule has 1 aliphatic heterocycles. The second kappa shape index (κ2) is 8.15. The van der Waals surface area contributed by atoms with Crippen LogP contribution in [0.2, 0.25) is 0 Å². The summed E-state index contributed by atoms with van der Waals surface area (Å²) >= 11 is 1.79. The molecule has 2 aromatic rings. The first kappa shape index (κ1) is 18.1. The molecule has 0 atom stereocenters. The monoisotopic (exact) mass is 377 g/mol. The van der Waals surface area contributed by atoms with Crippen LogP contribution >= 0.6 is 11.3 Å². The Morgan fingerprint density at radius 2 is 1.80 bits per heavy atom. The molecule has 0 aliphatic carbocycles. The Hall–Kier alpha value is -1.66. The van der Waals surface area contributed by atoms with Crippen LogP contribution in [0.25, 0.3) is 0 Å². The lowest BCUT2D eigenvalue weighted by Gasteiger charge is -2.32.